The first kappa shape index (κ1) is 15.7. The normalized spacial score (nSPS) is 21.6. The maximum atomic E-state index is 11.6. The number of anilines is 1. The molecule has 0 bridgehead atoms. The van der Waals surface area contributed by atoms with E-state index in [1.54, 1.807) is 0 Å². The summed E-state index contributed by atoms with van der Waals surface area (Å²) in [5.74, 6) is -0.0500. The maximum Gasteiger partial charge on any atom is 0.333 e. The van der Waals surface area contributed by atoms with Crippen LogP contribution in [0.25, 0.3) is 0 Å². The summed E-state index contributed by atoms with van der Waals surface area (Å²) < 4.78 is 24.5. The van der Waals surface area contributed by atoms with Gasteiger partial charge >= 0.3 is 5.69 Å². The number of hydrogen-bond donors (Lipinski definition) is 1. The minimum Gasteiger partial charge on any atom is -0.378 e. The Morgan fingerprint density at radius 1 is 1.48 bits per heavy atom. The molecule has 1 atom stereocenters. The number of nitrogens with two attached hydrogens (primary N) is 1. The van der Waals surface area contributed by atoms with Crippen molar-refractivity contribution in [2.45, 2.75) is 39.7 Å². The Morgan fingerprint density at radius 2 is 2.10 bits per heavy atom. The van der Waals surface area contributed by atoms with Gasteiger partial charge in [0.15, 0.2) is 9.84 Å². The molecule has 0 spiro atoms. The highest BCUT2D eigenvalue weighted by Gasteiger charge is 2.36. The van der Waals surface area contributed by atoms with E-state index in [1.807, 2.05) is 20.8 Å². The standard InChI is InChI=1S/C12H20N4O4S/c1-12(2,3)6-9-10(16(17)18)11(13)15(14-9)8-4-5-21(19,20)7-8/h8H,4-7,13H2,1-3H3. The first-order valence-electron chi connectivity index (χ1n) is 6.72. The molecule has 0 amide bonds. The highest BCUT2D eigenvalue weighted by Crippen LogP contribution is 2.35. The summed E-state index contributed by atoms with van der Waals surface area (Å²) in [6.45, 7) is 5.85. The molecule has 9 heteroatoms. The summed E-state index contributed by atoms with van der Waals surface area (Å²) in [5, 5.41) is 15.5. The van der Waals surface area contributed by atoms with Crippen LogP contribution in [0.2, 0.25) is 0 Å². The van der Waals surface area contributed by atoms with Crippen molar-refractivity contribution in [1.29, 1.82) is 0 Å². The van der Waals surface area contributed by atoms with E-state index in [9.17, 15) is 18.5 Å². The molecule has 8 nitrogen and oxygen atoms in total. The molecule has 0 saturated carbocycles. The number of nitrogens with zero attached hydrogens (tertiary/aromatic N) is 3. The van der Waals surface area contributed by atoms with Gasteiger partial charge in [-0.05, 0) is 11.8 Å². The highest BCUT2D eigenvalue weighted by molar-refractivity contribution is 7.91. The lowest BCUT2D eigenvalue weighted by molar-refractivity contribution is -0.384. The van der Waals surface area contributed by atoms with Crippen LogP contribution in [0.3, 0.4) is 0 Å². The van der Waals surface area contributed by atoms with Crippen LogP contribution in [-0.4, -0.2) is 34.6 Å². The topological polar surface area (TPSA) is 121 Å². The molecular formula is C12H20N4O4S. The molecule has 1 unspecified atom stereocenters. The Hall–Kier alpha value is -1.64. The van der Waals surface area contributed by atoms with Crippen molar-refractivity contribution >= 4 is 21.3 Å². The molecule has 1 fully saturated rings. The van der Waals surface area contributed by atoms with Gasteiger partial charge in [0.25, 0.3) is 0 Å². The fourth-order valence-electron chi connectivity index (χ4n) is 2.55. The van der Waals surface area contributed by atoms with Crippen molar-refractivity contribution in [3.63, 3.8) is 0 Å². The first-order chi connectivity index (χ1) is 9.50. The van der Waals surface area contributed by atoms with Crippen LogP contribution < -0.4 is 5.73 Å². The van der Waals surface area contributed by atoms with Crippen molar-refractivity contribution in [1.82, 2.24) is 9.78 Å². The van der Waals surface area contributed by atoms with Gasteiger partial charge in [-0.2, -0.15) is 5.10 Å². The Bertz CT molecular complexity index is 672. The zero-order valence-electron chi connectivity index (χ0n) is 12.4. The van der Waals surface area contributed by atoms with E-state index in [2.05, 4.69) is 5.10 Å². The molecule has 1 aliphatic rings. The van der Waals surface area contributed by atoms with Crippen molar-refractivity contribution in [3.05, 3.63) is 15.8 Å². The van der Waals surface area contributed by atoms with Crippen LogP contribution in [0, 0.1) is 15.5 Å². The van der Waals surface area contributed by atoms with E-state index >= 15 is 0 Å². The molecule has 1 aliphatic heterocycles. The number of rotatable bonds is 3. The maximum absolute atomic E-state index is 11.6. The smallest absolute Gasteiger partial charge is 0.333 e. The predicted octanol–water partition coefficient (Wildman–Crippen LogP) is 1.32. The fourth-order valence-corrected chi connectivity index (χ4v) is 4.25. The van der Waals surface area contributed by atoms with Gasteiger partial charge in [0, 0.05) is 6.42 Å². The molecule has 2 N–H and O–H groups in total. The monoisotopic (exact) mass is 316 g/mol. The Morgan fingerprint density at radius 3 is 2.52 bits per heavy atom. The van der Waals surface area contributed by atoms with Gasteiger partial charge in [0.2, 0.25) is 5.82 Å². The minimum atomic E-state index is -3.11. The lowest BCUT2D eigenvalue weighted by Crippen LogP contribution is -2.15. The third kappa shape index (κ3) is 3.34. The number of hydrogen-bond acceptors (Lipinski definition) is 6. The summed E-state index contributed by atoms with van der Waals surface area (Å²) in [7, 11) is -3.11. The average molecular weight is 316 g/mol. The molecule has 2 heterocycles. The Kier molecular flexibility index (Phi) is 3.73. The second-order valence-electron chi connectivity index (χ2n) is 6.68. The molecule has 1 saturated heterocycles. The molecular weight excluding hydrogens is 296 g/mol. The molecule has 1 aromatic heterocycles. The quantitative estimate of drug-likeness (QED) is 0.663. The summed E-state index contributed by atoms with van der Waals surface area (Å²) in [6, 6.07) is -0.414. The van der Waals surface area contributed by atoms with Crippen LogP contribution in [0.15, 0.2) is 0 Å². The second kappa shape index (κ2) is 4.97. The van der Waals surface area contributed by atoms with Crippen LogP contribution in [0.1, 0.15) is 38.9 Å². The van der Waals surface area contributed by atoms with E-state index in [-0.39, 0.29) is 28.4 Å². The molecule has 2 rings (SSSR count). The van der Waals surface area contributed by atoms with Gasteiger partial charge < -0.3 is 5.73 Å². The van der Waals surface area contributed by atoms with Gasteiger partial charge in [0.05, 0.1) is 22.5 Å². The van der Waals surface area contributed by atoms with E-state index in [0.29, 0.717) is 18.5 Å². The third-order valence-corrected chi connectivity index (χ3v) is 5.18. The van der Waals surface area contributed by atoms with Crippen molar-refractivity contribution in [2.75, 3.05) is 17.2 Å². The lowest BCUT2D eigenvalue weighted by Gasteiger charge is -2.15. The molecule has 0 aromatic carbocycles. The van der Waals surface area contributed by atoms with E-state index in [1.165, 1.54) is 4.68 Å². The average Bonchev–Trinajstić information content (AvgIpc) is 2.77. The molecule has 0 radical (unpaired) electrons. The molecule has 118 valence electrons. The number of aromatic nitrogens is 2. The van der Waals surface area contributed by atoms with Crippen molar-refractivity contribution in [2.24, 2.45) is 5.41 Å². The van der Waals surface area contributed by atoms with E-state index in [0.717, 1.165) is 0 Å². The fraction of sp³-hybridized carbons (Fsp3) is 0.750. The van der Waals surface area contributed by atoms with Crippen molar-refractivity contribution in [3.8, 4) is 0 Å². The number of nitro groups is 1. The van der Waals surface area contributed by atoms with E-state index in [4.69, 9.17) is 5.73 Å². The highest BCUT2D eigenvalue weighted by atomic mass is 32.2. The Balaban J connectivity index is 2.45. The first-order valence-corrected chi connectivity index (χ1v) is 8.54. The van der Waals surface area contributed by atoms with Gasteiger partial charge in [0.1, 0.15) is 5.69 Å². The largest absolute Gasteiger partial charge is 0.378 e. The van der Waals surface area contributed by atoms with Crippen LogP contribution >= 0.6 is 0 Å². The number of sulfone groups is 1. The summed E-state index contributed by atoms with van der Waals surface area (Å²) in [4.78, 5) is 10.7. The van der Waals surface area contributed by atoms with Gasteiger partial charge in [-0.25, -0.2) is 13.1 Å². The lowest BCUT2D eigenvalue weighted by atomic mass is 9.90. The molecule has 21 heavy (non-hydrogen) atoms. The molecule has 0 aliphatic carbocycles. The Labute approximate surface area is 123 Å². The second-order valence-corrected chi connectivity index (χ2v) is 8.91. The van der Waals surface area contributed by atoms with Crippen LogP contribution in [-0.2, 0) is 16.3 Å². The van der Waals surface area contributed by atoms with Gasteiger partial charge in [-0.3, -0.25) is 10.1 Å². The predicted molar refractivity (Wildman–Crippen MR) is 78.8 cm³/mol. The number of nitrogen functional groups attached to an aromatic ring is 1. The molecule has 1 aromatic rings. The zero-order valence-corrected chi connectivity index (χ0v) is 13.2. The van der Waals surface area contributed by atoms with Crippen LogP contribution in [0.5, 0.6) is 0 Å². The van der Waals surface area contributed by atoms with Crippen LogP contribution in [0.4, 0.5) is 11.5 Å². The summed E-state index contributed by atoms with van der Waals surface area (Å²) >= 11 is 0. The third-order valence-electron chi connectivity index (χ3n) is 3.43. The summed E-state index contributed by atoms with van der Waals surface area (Å²) in [5.41, 5.74) is 5.79. The van der Waals surface area contributed by atoms with Crippen molar-refractivity contribution < 1.29 is 13.3 Å². The van der Waals surface area contributed by atoms with Gasteiger partial charge in [-0.15, -0.1) is 0 Å². The minimum absolute atomic E-state index is 0.0543. The van der Waals surface area contributed by atoms with E-state index < -0.39 is 20.8 Å². The van der Waals surface area contributed by atoms with Gasteiger partial charge in [-0.1, -0.05) is 20.8 Å². The summed E-state index contributed by atoms with van der Waals surface area (Å²) in [6.07, 6.45) is 0.792. The zero-order chi connectivity index (χ0) is 16.0. The SMILES string of the molecule is CC(C)(C)Cc1nn(C2CCS(=O)(=O)C2)c(N)c1[N+](=O)[O-].